The molecule has 0 bridgehead atoms. The average molecular weight is 649 g/mol. The van der Waals surface area contributed by atoms with Gasteiger partial charge in [-0.15, -0.1) is 11.3 Å². The second-order valence-electron chi connectivity index (χ2n) is 12.3. The van der Waals surface area contributed by atoms with Crippen LogP contribution in [-0.2, 0) is 0 Å². The minimum Gasteiger partial charge on any atom is -0.455 e. The van der Waals surface area contributed by atoms with Gasteiger partial charge in [-0.25, -0.2) is 14.4 Å². The first-order valence-corrected chi connectivity index (χ1v) is 17.0. The van der Waals surface area contributed by atoms with Crippen molar-refractivity contribution >= 4 is 64.4 Å². The van der Waals surface area contributed by atoms with Crippen LogP contribution in [0.5, 0.6) is 0 Å². The summed E-state index contributed by atoms with van der Waals surface area (Å²) in [6.45, 7) is 0. The Kier molecular flexibility index (Phi) is 6.23. The summed E-state index contributed by atoms with van der Waals surface area (Å²) in [7, 11) is 0. The lowest BCUT2D eigenvalue weighted by atomic mass is 9.94. The smallest absolute Gasteiger partial charge is 0.160 e. The fourth-order valence-corrected chi connectivity index (χ4v) is 8.15. The topological polar surface area (TPSA) is 38.9 Å². The Morgan fingerprint density at radius 1 is 0.490 bits per heavy atom. The molecule has 10 aromatic rings. The van der Waals surface area contributed by atoms with Gasteiger partial charge in [-0.05, 0) is 82.2 Å². The van der Waals surface area contributed by atoms with Crippen molar-refractivity contribution in [2.75, 3.05) is 0 Å². The highest BCUT2D eigenvalue weighted by Gasteiger charge is 2.18. The van der Waals surface area contributed by atoms with E-state index in [0.29, 0.717) is 5.82 Å². The zero-order chi connectivity index (χ0) is 32.5. The Hall–Kier alpha value is -6.17. The molecular weight excluding hydrogens is 624 g/mol. The summed E-state index contributed by atoms with van der Waals surface area (Å²) in [5.41, 5.74) is 9.72. The van der Waals surface area contributed by atoms with Crippen molar-refractivity contribution in [2.24, 2.45) is 0 Å². The summed E-state index contributed by atoms with van der Waals surface area (Å²) in [6, 6.07) is 50.9. The summed E-state index contributed by atoms with van der Waals surface area (Å²) < 4.78 is 22.6. The maximum absolute atomic E-state index is 13.9. The summed E-state index contributed by atoms with van der Waals surface area (Å²) in [6.07, 6.45) is 0. The Morgan fingerprint density at radius 2 is 1.18 bits per heavy atom. The zero-order valence-corrected chi connectivity index (χ0v) is 26.8. The van der Waals surface area contributed by atoms with Crippen molar-refractivity contribution in [1.29, 1.82) is 0 Å². The van der Waals surface area contributed by atoms with Crippen LogP contribution in [0, 0.1) is 5.82 Å². The lowest BCUT2D eigenvalue weighted by molar-refractivity contribution is 0.628. The SMILES string of the molecule is Fc1ccc(-c2nc(-c3cccc(-c4ccc5oc6c7ccccc7c(-c7ccccc7)cc6c5c4)c3)nc3c2sc2ccccc23)cc1. The third-order valence-electron chi connectivity index (χ3n) is 9.35. The van der Waals surface area contributed by atoms with Gasteiger partial charge in [-0.3, -0.25) is 0 Å². The van der Waals surface area contributed by atoms with Gasteiger partial charge < -0.3 is 4.42 Å². The van der Waals surface area contributed by atoms with Gasteiger partial charge in [0.1, 0.15) is 17.0 Å². The molecule has 0 saturated carbocycles. The first-order chi connectivity index (χ1) is 24.2. The lowest BCUT2D eigenvalue weighted by Crippen LogP contribution is -1.94. The van der Waals surface area contributed by atoms with Crippen molar-refractivity contribution in [3.8, 4) is 44.9 Å². The van der Waals surface area contributed by atoms with Crippen LogP contribution in [0.15, 0.2) is 156 Å². The van der Waals surface area contributed by atoms with E-state index >= 15 is 0 Å². The van der Waals surface area contributed by atoms with E-state index in [4.69, 9.17) is 14.4 Å². The predicted molar refractivity (Wildman–Crippen MR) is 201 cm³/mol. The number of benzene rings is 7. The highest BCUT2D eigenvalue weighted by molar-refractivity contribution is 7.26. The molecular formula is C44H25FN2OS. The zero-order valence-electron chi connectivity index (χ0n) is 26.0. The molecule has 0 aliphatic carbocycles. The molecule has 10 rings (SSSR count). The van der Waals surface area contributed by atoms with Crippen LogP contribution in [0.3, 0.4) is 0 Å². The third-order valence-corrected chi connectivity index (χ3v) is 10.5. The first-order valence-electron chi connectivity index (χ1n) is 16.2. The lowest BCUT2D eigenvalue weighted by Gasteiger charge is -2.09. The van der Waals surface area contributed by atoms with Crippen LogP contribution in [-0.4, -0.2) is 9.97 Å². The summed E-state index contributed by atoms with van der Waals surface area (Å²) >= 11 is 1.67. The molecule has 0 spiro atoms. The number of halogens is 1. The van der Waals surface area contributed by atoms with Gasteiger partial charge in [0.2, 0.25) is 0 Å². The molecule has 0 fully saturated rings. The fraction of sp³-hybridized carbons (Fsp3) is 0. The minimum absolute atomic E-state index is 0.273. The Morgan fingerprint density at radius 3 is 2.04 bits per heavy atom. The standard InChI is InChI=1S/C44H25FN2OS/c45-31-20-17-27(18-21-31)40-43-41(34-15-6-7-16-39(34)49-43)47-44(46-40)30-12-8-11-28(23-30)29-19-22-38-36(24-29)37-25-35(26-9-2-1-3-10-26)32-13-4-5-14-33(32)42(37)48-38/h1-25H. The summed E-state index contributed by atoms with van der Waals surface area (Å²) in [5.74, 6) is 0.358. The molecule has 0 saturated heterocycles. The molecule has 0 amide bonds. The van der Waals surface area contributed by atoms with Crippen LogP contribution < -0.4 is 0 Å². The average Bonchev–Trinajstić information content (AvgIpc) is 3.73. The molecule has 3 nitrogen and oxygen atoms in total. The van der Waals surface area contributed by atoms with Gasteiger partial charge in [-0.1, -0.05) is 97.1 Å². The number of rotatable bonds is 4. The molecule has 49 heavy (non-hydrogen) atoms. The molecule has 0 aliphatic rings. The second-order valence-corrected chi connectivity index (χ2v) is 13.3. The molecule has 3 heterocycles. The second kappa shape index (κ2) is 10.9. The maximum Gasteiger partial charge on any atom is 0.160 e. The van der Waals surface area contributed by atoms with E-state index in [1.54, 1.807) is 23.5 Å². The number of hydrogen-bond donors (Lipinski definition) is 0. The van der Waals surface area contributed by atoms with Gasteiger partial charge in [-0.2, -0.15) is 0 Å². The van der Waals surface area contributed by atoms with E-state index in [9.17, 15) is 4.39 Å². The Bertz CT molecular complexity index is 2890. The Balaban J connectivity index is 1.15. The number of thiophene rings is 1. The Labute approximate surface area is 284 Å². The van der Waals surface area contributed by atoms with Crippen LogP contribution in [0.25, 0.3) is 97.9 Å². The molecule has 7 aromatic carbocycles. The molecule has 0 atom stereocenters. The number of nitrogens with zero attached hydrogens (tertiary/aromatic N) is 2. The van der Waals surface area contributed by atoms with Crippen LogP contribution in [0.4, 0.5) is 4.39 Å². The van der Waals surface area contributed by atoms with E-state index in [1.165, 1.54) is 28.6 Å². The number of hydrogen-bond acceptors (Lipinski definition) is 4. The van der Waals surface area contributed by atoms with Crippen LogP contribution >= 0.6 is 11.3 Å². The van der Waals surface area contributed by atoms with Gasteiger partial charge in [0.15, 0.2) is 5.82 Å². The highest BCUT2D eigenvalue weighted by Crippen LogP contribution is 2.42. The highest BCUT2D eigenvalue weighted by atomic mass is 32.1. The molecule has 0 N–H and O–H groups in total. The van der Waals surface area contributed by atoms with Gasteiger partial charge >= 0.3 is 0 Å². The molecule has 0 unspecified atom stereocenters. The van der Waals surface area contributed by atoms with Crippen LogP contribution in [0.2, 0.25) is 0 Å². The van der Waals surface area contributed by atoms with Gasteiger partial charge in [0, 0.05) is 37.4 Å². The van der Waals surface area contributed by atoms with Gasteiger partial charge in [0.05, 0.1) is 15.9 Å². The molecule has 5 heteroatoms. The number of furan rings is 1. The molecule has 230 valence electrons. The predicted octanol–water partition coefficient (Wildman–Crippen LogP) is 12.7. The summed E-state index contributed by atoms with van der Waals surface area (Å²) in [5, 5.41) is 5.52. The monoisotopic (exact) mass is 648 g/mol. The quantitative estimate of drug-likeness (QED) is 0.191. The molecule has 3 aromatic heterocycles. The third kappa shape index (κ3) is 4.55. The van der Waals surface area contributed by atoms with Crippen LogP contribution in [0.1, 0.15) is 0 Å². The normalized spacial score (nSPS) is 11.8. The van der Waals surface area contributed by atoms with E-state index in [0.717, 1.165) is 75.6 Å². The van der Waals surface area contributed by atoms with Crippen molar-refractivity contribution in [3.05, 3.63) is 157 Å². The van der Waals surface area contributed by atoms with Crippen molar-refractivity contribution in [2.45, 2.75) is 0 Å². The van der Waals surface area contributed by atoms with Crippen molar-refractivity contribution in [1.82, 2.24) is 9.97 Å². The first kappa shape index (κ1) is 27.9. The largest absolute Gasteiger partial charge is 0.455 e. The minimum atomic E-state index is -0.273. The number of fused-ring (bicyclic) bond motifs is 8. The van der Waals surface area contributed by atoms with Crippen molar-refractivity contribution < 1.29 is 8.81 Å². The van der Waals surface area contributed by atoms with E-state index in [-0.39, 0.29) is 5.82 Å². The van der Waals surface area contributed by atoms with E-state index < -0.39 is 0 Å². The maximum atomic E-state index is 13.9. The van der Waals surface area contributed by atoms with Gasteiger partial charge in [0.25, 0.3) is 0 Å². The molecule has 0 radical (unpaired) electrons. The van der Waals surface area contributed by atoms with Crippen molar-refractivity contribution in [3.63, 3.8) is 0 Å². The van der Waals surface area contributed by atoms with E-state index in [2.05, 4.69) is 109 Å². The summed E-state index contributed by atoms with van der Waals surface area (Å²) in [4.78, 5) is 10.2. The fourth-order valence-electron chi connectivity index (χ4n) is 7.00. The van der Waals surface area contributed by atoms with E-state index in [1.807, 2.05) is 18.2 Å². The molecule has 0 aliphatic heterocycles. The number of aromatic nitrogens is 2.